The van der Waals surface area contributed by atoms with Crippen molar-refractivity contribution in [3.63, 3.8) is 0 Å². The van der Waals surface area contributed by atoms with Gasteiger partial charge in [0.25, 0.3) is 0 Å². The highest BCUT2D eigenvalue weighted by molar-refractivity contribution is 9.10. The molecule has 8 heteroatoms. The van der Waals surface area contributed by atoms with Gasteiger partial charge in [-0.1, -0.05) is 0 Å². The number of aromatic nitrogens is 1. The largest absolute Gasteiger partial charge is 0.337 e. The minimum Gasteiger partial charge on any atom is -0.337 e. The molecule has 0 spiro atoms. The number of hydrogen-bond acceptors (Lipinski definition) is 2. The zero-order valence-electron chi connectivity index (χ0n) is 11.1. The number of nitrogens with zero attached hydrogens (tertiary/aromatic N) is 1. The lowest BCUT2D eigenvalue weighted by Gasteiger charge is -2.12. The Labute approximate surface area is 135 Å². The maximum Gasteiger partial charge on any atom is 0.195 e. The number of pyridine rings is 1. The second-order valence-corrected chi connectivity index (χ2v) is 5.47. The molecule has 1 aromatic heterocycles. The monoisotopic (exact) mass is 388 g/mol. The predicted molar refractivity (Wildman–Crippen MR) is 79.0 cm³/mol. The lowest BCUT2D eigenvalue weighted by molar-refractivity contribution is 0.453. The smallest absolute Gasteiger partial charge is 0.195 e. The van der Waals surface area contributed by atoms with Crippen LogP contribution in [0.2, 0.25) is 0 Å². The van der Waals surface area contributed by atoms with E-state index in [2.05, 4.69) is 26.2 Å². The van der Waals surface area contributed by atoms with E-state index in [4.69, 9.17) is 0 Å². The summed E-state index contributed by atoms with van der Waals surface area (Å²) in [5.41, 5.74) is -0.315. The van der Waals surface area contributed by atoms with Gasteiger partial charge in [-0.2, -0.15) is 0 Å². The first-order chi connectivity index (χ1) is 10.9. The molecule has 0 unspecified atom stereocenters. The quantitative estimate of drug-likeness (QED) is 0.467. The number of hydrogen-bond donors (Lipinski definition) is 1. The SMILES string of the molecule is Fc1ccc(F)c(Nc2ncc(Br)c3cc(F)c(F)c(F)c23)c1. The lowest BCUT2D eigenvalue weighted by atomic mass is 10.1. The minimum absolute atomic E-state index is 0.00397. The molecule has 1 N–H and O–H groups in total. The summed E-state index contributed by atoms with van der Waals surface area (Å²) in [6.45, 7) is 0. The Morgan fingerprint density at radius 1 is 0.913 bits per heavy atom. The van der Waals surface area contributed by atoms with Crippen LogP contribution in [-0.2, 0) is 0 Å². The molecule has 1 heterocycles. The Hall–Kier alpha value is -2.22. The van der Waals surface area contributed by atoms with E-state index < -0.39 is 29.1 Å². The summed E-state index contributed by atoms with van der Waals surface area (Å²) in [6.07, 6.45) is 1.21. The third-order valence-electron chi connectivity index (χ3n) is 3.14. The zero-order valence-corrected chi connectivity index (χ0v) is 12.7. The van der Waals surface area contributed by atoms with Gasteiger partial charge < -0.3 is 5.32 Å². The standard InChI is InChI=1S/C15H6BrF5N2/c16-8-5-22-15(23-11-3-6(17)1-2-9(11)18)12-7(8)4-10(19)13(20)14(12)21/h1-5H,(H,22,23). The Morgan fingerprint density at radius 3 is 2.39 bits per heavy atom. The minimum atomic E-state index is -1.68. The molecule has 0 saturated carbocycles. The number of nitrogens with one attached hydrogen (secondary N) is 1. The van der Waals surface area contributed by atoms with Crippen LogP contribution in [0.3, 0.4) is 0 Å². The Balaban J connectivity index is 2.24. The van der Waals surface area contributed by atoms with E-state index >= 15 is 0 Å². The van der Waals surface area contributed by atoms with Crippen molar-refractivity contribution in [2.24, 2.45) is 0 Å². The van der Waals surface area contributed by atoms with Crippen LogP contribution in [0.25, 0.3) is 10.8 Å². The Kier molecular flexibility index (Phi) is 3.93. The summed E-state index contributed by atoms with van der Waals surface area (Å²) in [5.74, 6) is -6.34. The lowest BCUT2D eigenvalue weighted by Crippen LogP contribution is -2.02. The average Bonchev–Trinajstić information content (AvgIpc) is 2.51. The van der Waals surface area contributed by atoms with Crippen molar-refractivity contribution < 1.29 is 22.0 Å². The summed E-state index contributed by atoms with van der Waals surface area (Å²) in [4.78, 5) is 3.83. The number of fused-ring (bicyclic) bond motifs is 1. The van der Waals surface area contributed by atoms with Crippen molar-refractivity contribution in [1.82, 2.24) is 4.98 Å². The van der Waals surface area contributed by atoms with E-state index in [1.165, 1.54) is 6.20 Å². The fraction of sp³-hybridized carbons (Fsp3) is 0. The van der Waals surface area contributed by atoms with Gasteiger partial charge >= 0.3 is 0 Å². The number of halogens is 6. The average molecular weight is 389 g/mol. The molecule has 0 amide bonds. The van der Waals surface area contributed by atoms with Crippen molar-refractivity contribution in [2.75, 3.05) is 5.32 Å². The molecule has 118 valence electrons. The molecule has 0 aliphatic rings. The molecule has 0 atom stereocenters. The summed E-state index contributed by atoms with van der Waals surface area (Å²) in [5, 5.41) is 2.00. The van der Waals surface area contributed by atoms with E-state index in [0.717, 1.165) is 24.3 Å². The van der Waals surface area contributed by atoms with Gasteiger partial charge in [0.05, 0.1) is 11.1 Å². The third-order valence-corrected chi connectivity index (χ3v) is 3.78. The van der Waals surface area contributed by atoms with Gasteiger partial charge in [0.2, 0.25) is 0 Å². The molecule has 0 radical (unpaired) electrons. The highest BCUT2D eigenvalue weighted by atomic mass is 79.9. The van der Waals surface area contributed by atoms with Crippen LogP contribution in [0.4, 0.5) is 33.5 Å². The normalized spacial score (nSPS) is 11.0. The van der Waals surface area contributed by atoms with Crippen LogP contribution in [0.15, 0.2) is 34.9 Å². The number of rotatable bonds is 2. The summed E-state index contributed by atoms with van der Waals surface area (Å²) in [6, 6.07) is 3.40. The number of anilines is 2. The molecule has 3 aromatic rings. The molecule has 0 fully saturated rings. The Morgan fingerprint density at radius 2 is 1.65 bits per heavy atom. The second-order valence-electron chi connectivity index (χ2n) is 4.61. The first-order valence-electron chi connectivity index (χ1n) is 6.22. The molecule has 0 saturated heterocycles. The third kappa shape index (κ3) is 2.74. The van der Waals surface area contributed by atoms with E-state index in [1.54, 1.807) is 0 Å². The van der Waals surface area contributed by atoms with Crippen molar-refractivity contribution in [2.45, 2.75) is 0 Å². The second kappa shape index (κ2) is 5.77. The van der Waals surface area contributed by atoms with E-state index in [9.17, 15) is 22.0 Å². The van der Waals surface area contributed by atoms with Gasteiger partial charge in [-0.3, -0.25) is 0 Å². The summed E-state index contributed by atoms with van der Waals surface area (Å²) < 4.78 is 68.1. The molecule has 0 bridgehead atoms. The van der Waals surface area contributed by atoms with Crippen molar-refractivity contribution in [3.8, 4) is 0 Å². The highest BCUT2D eigenvalue weighted by Crippen LogP contribution is 2.34. The van der Waals surface area contributed by atoms with Crippen molar-refractivity contribution in [1.29, 1.82) is 0 Å². The van der Waals surface area contributed by atoms with Gasteiger partial charge in [0.15, 0.2) is 17.5 Å². The van der Waals surface area contributed by atoms with Crippen molar-refractivity contribution >= 4 is 38.2 Å². The molecule has 0 aliphatic carbocycles. The molecule has 2 nitrogen and oxygen atoms in total. The van der Waals surface area contributed by atoms with Crippen LogP contribution in [0.5, 0.6) is 0 Å². The molecular weight excluding hydrogens is 383 g/mol. The summed E-state index contributed by atoms with van der Waals surface area (Å²) >= 11 is 3.06. The van der Waals surface area contributed by atoms with Gasteiger partial charge in [-0.25, -0.2) is 26.9 Å². The van der Waals surface area contributed by atoms with Crippen LogP contribution in [-0.4, -0.2) is 4.98 Å². The zero-order chi connectivity index (χ0) is 16.7. The van der Waals surface area contributed by atoms with Crippen LogP contribution >= 0.6 is 15.9 Å². The van der Waals surface area contributed by atoms with E-state index in [-0.39, 0.29) is 26.8 Å². The van der Waals surface area contributed by atoms with Crippen LogP contribution in [0.1, 0.15) is 0 Å². The molecule has 3 rings (SSSR count). The molecule has 2 aromatic carbocycles. The molecule has 0 aliphatic heterocycles. The van der Waals surface area contributed by atoms with Crippen LogP contribution in [0, 0.1) is 29.1 Å². The first kappa shape index (κ1) is 15.7. The first-order valence-corrected chi connectivity index (χ1v) is 7.01. The maximum absolute atomic E-state index is 14.1. The fourth-order valence-electron chi connectivity index (χ4n) is 2.09. The fourth-order valence-corrected chi connectivity index (χ4v) is 2.50. The van der Waals surface area contributed by atoms with Gasteiger partial charge in [0, 0.05) is 22.1 Å². The topological polar surface area (TPSA) is 24.9 Å². The highest BCUT2D eigenvalue weighted by Gasteiger charge is 2.19. The maximum atomic E-state index is 14.1. The van der Waals surface area contributed by atoms with Gasteiger partial charge in [-0.05, 0) is 34.1 Å². The van der Waals surface area contributed by atoms with Gasteiger partial charge in [0.1, 0.15) is 17.5 Å². The van der Waals surface area contributed by atoms with Gasteiger partial charge in [-0.15, -0.1) is 0 Å². The van der Waals surface area contributed by atoms with Crippen molar-refractivity contribution in [3.05, 3.63) is 64.0 Å². The van der Waals surface area contributed by atoms with E-state index in [1.807, 2.05) is 0 Å². The number of benzene rings is 2. The van der Waals surface area contributed by atoms with E-state index in [0.29, 0.717) is 0 Å². The molecule has 23 heavy (non-hydrogen) atoms. The van der Waals surface area contributed by atoms with Crippen LogP contribution < -0.4 is 5.32 Å². The summed E-state index contributed by atoms with van der Waals surface area (Å²) in [7, 11) is 0. The molecular formula is C15H6BrF5N2. The predicted octanol–water partition coefficient (Wildman–Crippen LogP) is 5.44. The Bertz CT molecular complexity index is 930.